The zero-order chi connectivity index (χ0) is 16.7. The summed E-state index contributed by atoms with van der Waals surface area (Å²) >= 11 is 0. The van der Waals surface area contributed by atoms with Gasteiger partial charge in [-0.1, -0.05) is 26.0 Å². The van der Waals surface area contributed by atoms with Crippen LogP contribution < -0.4 is 0 Å². The monoisotopic (exact) mass is 315 g/mol. The molecule has 0 radical (unpaired) electrons. The number of amides is 1. The Morgan fingerprint density at radius 1 is 1.23 bits per heavy atom. The maximum atomic E-state index is 14.8. The third kappa shape index (κ3) is 2.15. The standard InChI is InChI=1S/C16H23F2NO3/c1-5-19(6-2)14(21)22-15(13(20)10(3)4)11-7-8-12(9-11)16(15,17)18/h7-8,10-12H,5-6,9H2,1-4H3/t11-,12+,15-/m1/s1. The van der Waals surface area contributed by atoms with Gasteiger partial charge in [0.15, 0.2) is 5.78 Å². The first-order valence-corrected chi connectivity index (χ1v) is 7.80. The van der Waals surface area contributed by atoms with Gasteiger partial charge in [0.2, 0.25) is 5.60 Å². The Hall–Kier alpha value is -1.46. The van der Waals surface area contributed by atoms with Crippen LogP contribution in [0.4, 0.5) is 13.6 Å². The van der Waals surface area contributed by atoms with Gasteiger partial charge < -0.3 is 9.64 Å². The summed E-state index contributed by atoms with van der Waals surface area (Å²) in [4.78, 5) is 26.2. The Balaban J connectivity index is 2.43. The number of allylic oxidation sites excluding steroid dienone is 1. The predicted octanol–water partition coefficient (Wildman–Crippen LogP) is 3.27. The van der Waals surface area contributed by atoms with Gasteiger partial charge in [-0.15, -0.1) is 0 Å². The van der Waals surface area contributed by atoms with Gasteiger partial charge in [-0.25, -0.2) is 13.6 Å². The minimum absolute atomic E-state index is 0.150. The molecule has 3 atom stereocenters. The van der Waals surface area contributed by atoms with Crippen molar-refractivity contribution in [2.24, 2.45) is 17.8 Å². The molecule has 2 aliphatic carbocycles. The van der Waals surface area contributed by atoms with Crippen molar-refractivity contribution in [3.63, 3.8) is 0 Å². The number of Topliss-reactive ketones (excluding diaryl/α,β-unsaturated/α-hetero) is 1. The molecule has 0 heterocycles. The molecule has 0 N–H and O–H groups in total. The third-order valence-electron chi connectivity index (χ3n) is 4.73. The molecule has 6 heteroatoms. The quantitative estimate of drug-likeness (QED) is 0.732. The van der Waals surface area contributed by atoms with E-state index in [0.717, 1.165) is 0 Å². The van der Waals surface area contributed by atoms with Crippen LogP contribution in [0, 0.1) is 17.8 Å². The van der Waals surface area contributed by atoms with Gasteiger partial charge in [0, 0.05) is 30.8 Å². The lowest BCUT2D eigenvalue weighted by Crippen LogP contribution is -2.62. The number of ether oxygens (including phenoxy) is 1. The van der Waals surface area contributed by atoms with Gasteiger partial charge in [0.25, 0.3) is 0 Å². The number of carbonyl (C=O) groups is 2. The average Bonchev–Trinajstić information content (AvgIpc) is 3.01. The summed E-state index contributed by atoms with van der Waals surface area (Å²) in [6.07, 6.45) is 2.33. The highest BCUT2D eigenvalue weighted by Gasteiger charge is 2.75. The summed E-state index contributed by atoms with van der Waals surface area (Å²) in [5, 5.41) is 0. The zero-order valence-corrected chi connectivity index (χ0v) is 13.4. The normalized spacial score (nSPS) is 31.6. The zero-order valence-electron chi connectivity index (χ0n) is 13.4. The first kappa shape index (κ1) is 16.9. The maximum Gasteiger partial charge on any atom is 0.410 e. The lowest BCUT2D eigenvalue weighted by molar-refractivity contribution is -0.198. The third-order valence-corrected chi connectivity index (χ3v) is 4.73. The molecule has 0 aromatic rings. The second-order valence-electron chi connectivity index (χ2n) is 6.25. The number of halogens is 2. The van der Waals surface area contributed by atoms with Crippen LogP contribution in [0.1, 0.15) is 34.1 Å². The van der Waals surface area contributed by atoms with E-state index in [4.69, 9.17) is 4.74 Å². The highest BCUT2D eigenvalue weighted by molar-refractivity contribution is 5.93. The Morgan fingerprint density at radius 2 is 1.77 bits per heavy atom. The van der Waals surface area contributed by atoms with Gasteiger partial charge in [0.05, 0.1) is 0 Å². The topological polar surface area (TPSA) is 46.6 Å². The SMILES string of the molecule is CCN(CC)C(=O)O[C@@]1(C(=O)C(C)C)[C@@H]2C=C[C@@H](C2)C1(F)F. The van der Waals surface area contributed by atoms with Crippen molar-refractivity contribution >= 4 is 11.9 Å². The molecule has 1 saturated carbocycles. The van der Waals surface area contributed by atoms with E-state index in [2.05, 4.69) is 0 Å². The van der Waals surface area contributed by atoms with Crippen molar-refractivity contribution in [2.45, 2.75) is 45.6 Å². The van der Waals surface area contributed by atoms with Crippen molar-refractivity contribution in [3.8, 4) is 0 Å². The molecular weight excluding hydrogens is 292 g/mol. The summed E-state index contributed by atoms with van der Waals surface area (Å²) < 4.78 is 34.9. The first-order chi connectivity index (χ1) is 10.2. The van der Waals surface area contributed by atoms with Crippen LogP contribution >= 0.6 is 0 Å². The number of hydrogen-bond acceptors (Lipinski definition) is 3. The molecule has 0 unspecified atom stereocenters. The summed E-state index contributed by atoms with van der Waals surface area (Å²) in [5.74, 6) is -6.49. The van der Waals surface area contributed by atoms with E-state index < -0.39 is 41.2 Å². The molecule has 0 aromatic heterocycles. The number of alkyl halides is 2. The van der Waals surface area contributed by atoms with Crippen molar-refractivity contribution in [2.75, 3.05) is 13.1 Å². The number of nitrogens with zero attached hydrogens (tertiary/aromatic N) is 1. The molecule has 0 aromatic carbocycles. The van der Waals surface area contributed by atoms with Crippen LogP contribution in [-0.4, -0.2) is 41.4 Å². The lowest BCUT2D eigenvalue weighted by atomic mass is 9.77. The predicted molar refractivity (Wildman–Crippen MR) is 77.7 cm³/mol. The molecule has 2 aliphatic rings. The molecule has 124 valence electrons. The number of ketones is 1. The van der Waals surface area contributed by atoms with Gasteiger partial charge in [-0.05, 0) is 20.3 Å². The molecule has 4 nitrogen and oxygen atoms in total. The minimum Gasteiger partial charge on any atom is -0.428 e. The molecule has 1 amide bonds. The fourth-order valence-corrected chi connectivity index (χ4v) is 3.45. The fourth-order valence-electron chi connectivity index (χ4n) is 3.45. The van der Waals surface area contributed by atoms with Gasteiger partial charge in [-0.3, -0.25) is 4.79 Å². The average molecular weight is 315 g/mol. The molecule has 0 aliphatic heterocycles. The van der Waals surface area contributed by atoms with Gasteiger partial charge in [0.1, 0.15) is 0 Å². The summed E-state index contributed by atoms with van der Waals surface area (Å²) in [7, 11) is 0. The number of fused-ring (bicyclic) bond motifs is 2. The lowest BCUT2D eigenvalue weighted by Gasteiger charge is -2.41. The molecule has 0 spiro atoms. The molecule has 2 bridgehead atoms. The maximum absolute atomic E-state index is 14.8. The number of hydrogen-bond donors (Lipinski definition) is 0. The number of carbonyl (C=O) groups excluding carboxylic acids is 2. The fraction of sp³-hybridized carbons (Fsp3) is 0.750. The molecule has 2 rings (SSSR count). The van der Waals surface area contributed by atoms with Crippen molar-refractivity contribution < 1.29 is 23.1 Å². The van der Waals surface area contributed by atoms with Crippen LogP contribution in [0.5, 0.6) is 0 Å². The Bertz CT molecular complexity index is 500. The highest BCUT2D eigenvalue weighted by Crippen LogP contribution is 2.59. The van der Waals surface area contributed by atoms with Crippen molar-refractivity contribution in [1.29, 1.82) is 0 Å². The van der Waals surface area contributed by atoms with Gasteiger partial charge >= 0.3 is 12.0 Å². The van der Waals surface area contributed by atoms with Gasteiger partial charge in [-0.2, -0.15) is 0 Å². The van der Waals surface area contributed by atoms with Crippen molar-refractivity contribution in [3.05, 3.63) is 12.2 Å². The van der Waals surface area contributed by atoms with Crippen LogP contribution in [0.2, 0.25) is 0 Å². The van der Waals surface area contributed by atoms with Crippen LogP contribution in [-0.2, 0) is 9.53 Å². The van der Waals surface area contributed by atoms with E-state index in [9.17, 15) is 18.4 Å². The summed E-state index contributed by atoms with van der Waals surface area (Å²) in [6.45, 7) is 7.27. The minimum atomic E-state index is -3.36. The van der Waals surface area contributed by atoms with E-state index in [0.29, 0.717) is 13.1 Å². The Kier molecular flexibility index (Phi) is 4.33. The first-order valence-electron chi connectivity index (χ1n) is 7.80. The van der Waals surface area contributed by atoms with Crippen LogP contribution in [0.25, 0.3) is 0 Å². The second kappa shape index (κ2) is 5.63. The van der Waals surface area contributed by atoms with Crippen molar-refractivity contribution in [1.82, 2.24) is 4.90 Å². The van der Waals surface area contributed by atoms with E-state index in [-0.39, 0.29) is 6.42 Å². The van der Waals surface area contributed by atoms with E-state index in [1.807, 2.05) is 0 Å². The summed E-state index contributed by atoms with van der Waals surface area (Å²) in [6, 6.07) is 0. The number of rotatable bonds is 5. The molecule has 22 heavy (non-hydrogen) atoms. The van der Waals surface area contributed by atoms with E-state index in [1.165, 1.54) is 11.0 Å². The molecule has 1 fully saturated rings. The van der Waals surface area contributed by atoms with E-state index in [1.54, 1.807) is 33.8 Å². The van der Waals surface area contributed by atoms with E-state index >= 15 is 0 Å². The highest BCUT2D eigenvalue weighted by atomic mass is 19.3. The largest absolute Gasteiger partial charge is 0.428 e. The molecular formula is C16H23F2NO3. The molecule has 0 saturated heterocycles. The second-order valence-corrected chi connectivity index (χ2v) is 6.25. The summed E-state index contributed by atoms with van der Waals surface area (Å²) in [5.41, 5.74) is -2.36. The van der Waals surface area contributed by atoms with Crippen LogP contribution in [0.15, 0.2) is 12.2 Å². The Morgan fingerprint density at radius 3 is 2.18 bits per heavy atom. The van der Waals surface area contributed by atoms with Crippen LogP contribution in [0.3, 0.4) is 0 Å². The smallest absolute Gasteiger partial charge is 0.410 e. The Labute approximate surface area is 129 Å².